The molecule has 4 aromatic rings. The van der Waals surface area contributed by atoms with Crippen LogP contribution >= 0.6 is 34.8 Å². The van der Waals surface area contributed by atoms with Crippen molar-refractivity contribution in [1.29, 1.82) is 0 Å². The first-order valence-electron chi connectivity index (χ1n) is 19.5. The summed E-state index contributed by atoms with van der Waals surface area (Å²) in [5.74, 6) is -1.49. The van der Waals surface area contributed by atoms with Crippen molar-refractivity contribution in [3.8, 4) is 11.5 Å². The van der Waals surface area contributed by atoms with Crippen LogP contribution in [0.3, 0.4) is 0 Å². The number of aromatic nitrogens is 3. The van der Waals surface area contributed by atoms with Crippen molar-refractivity contribution in [2.24, 2.45) is 0 Å². The largest absolute Gasteiger partial charge is 0.463 e. The summed E-state index contributed by atoms with van der Waals surface area (Å²) in [6.07, 6.45) is -3.73. The van der Waals surface area contributed by atoms with Crippen molar-refractivity contribution in [3.63, 3.8) is 0 Å². The minimum Gasteiger partial charge on any atom is -0.463 e. The van der Waals surface area contributed by atoms with Gasteiger partial charge in [0.25, 0.3) is 5.69 Å². The van der Waals surface area contributed by atoms with Crippen LogP contribution in [-0.4, -0.2) is 88.7 Å². The van der Waals surface area contributed by atoms with E-state index < -0.39 is 46.5 Å². The molecule has 1 aromatic heterocycles. The Morgan fingerprint density at radius 3 is 2.17 bits per heavy atom. The Bertz CT molecular complexity index is 2210. The number of ether oxygens (including phenoxy) is 4. The van der Waals surface area contributed by atoms with E-state index in [1.165, 1.54) is 6.92 Å². The highest BCUT2D eigenvalue weighted by Crippen LogP contribution is 2.37. The number of carbonyl (C=O) groups excluding carboxylic acids is 3. The molecule has 0 fully saturated rings. The zero-order chi connectivity index (χ0) is 48.4. The van der Waals surface area contributed by atoms with Gasteiger partial charge in [-0.05, 0) is 102 Å². The average molecular weight is 961 g/mol. The Hall–Kier alpha value is -5.50. The summed E-state index contributed by atoms with van der Waals surface area (Å²) in [6, 6.07) is 11.4. The molecule has 0 spiro atoms. The van der Waals surface area contributed by atoms with Crippen molar-refractivity contribution in [2.75, 3.05) is 54.9 Å². The van der Waals surface area contributed by atoms with Crippen LogP contribution in [0, 0.1) is 17.0 Å². The first-order valence-corrected chi connectivity index (χ1v) is 20.8. The Kier molecular flexibility index (Phi) is 21.9. The topological polar surface area (TPSA) is 197 Å². The van der Waals surface area contributed by atoms with E-state index in [-0.39, 0.29) is 51.8 Å². The van der Waals surface area contributed by atoms with Crippen LogP contribution in [-0.2, 0) is 36.4 Å². The first-order chi connectivity index (χ1) is 30.0. The quantitative estimate of drug-likeness (QED) is 0.0466. The van der Waals surface area contributed by atoms with Crippen LogP contribution in [0.2, 0.25) is 10.3 Å². The molecular weight excluding hydrogens is 910 g/mol. The van der Waals surface area contributed by atoms with Crippen LogP contribution < -0.4 is 20.3 Å². The van der Waals surface area contributed by atoms with Crippen molar-refractivity contribution < 1.29 is 51.4 Å². The van der Waals surface area contributed by atoms with E-state index in [0.29, 0.717) is 24.6 Å². The van der Waals surface area contributed by atoms with Gasteiger partial charge in [0.1, 0.15) is 22.9 Å². The van der Waals surface area contributed by atoms with Crippen molar-refractivity contribution in [2.45, 2.75) is 79.6 Å². The number of amides is 1. The minimum absolute atomic E-state index is 0.0223. The molecular formula is C42H51Cl3F3N7O9. The predicted molar refractivity (Wildman–Crippen MR) is 239 cm³/mol. The van der Waals surface area contributed by atoms with E-state index in [9.17, 15) is 37.7 Å². The second-order valence-electron chi connectivity index (χ2n) is 14.4. The molecule has 22 heteroatoms. The molecule has 0 bridgehead atoms. The normalized spacial score (nSPS) is 11.4. The molecule has 16 nitrogen and oxygen atoms in total. The van der Waals surface area contributed by atoms with Crippen molar-refractivity contribution in [3.05, 3.63) is 97.3 Å². The molecule has 0 aliphatic heterocycles. The smallest absolute Gasteiger partial charge is 0.416 e. The standard InChI is InChI=1S/C18H13ClF3NO7.C15H22ClNO2.C9H16ClN5/c1-2-28-16(24)9-29-17(25)12-8-11(4-5-14(12)23(26)27)30-15-6-3-10(7-13(15)19)18(20,21)22;1-5-13-8-6-7-11(2)15(13)17(14(18)9-16)12(3)10-19-4;1-5-11-7-12-6(10)13-8(14-7)15-9(2,3)4/h3-8H,2,9H2,1H3;6-8,12H,5,9-10H2,1-4H3;5H2,1-4H3,(H2,11,12,13,14,15). The summed E-state index contributed by atoms with van der Waals surface area (Å²) in [7, 11) is 1.64. The third kappa shape index (κ3) is 17.6. The molecule has 1 unspecified atom stereocenters. The van der Waals surface area contributed by atoms with E-state index in [4.69, 9.17) is 49.0 Å². The number of esters is 2. The molecule has 64 heavy (non-hydrogen) atoms. The second kappa shape index (κ2) is 25.7. The number of nitro benzene ring substituents is 1. The lowest BCUT2D eigenvalue weighted by Crippen LogP contribution is -2.43. The Morgan fingerprint density at radius 2 is 1.62 bits per heavy atom. The zero-order valence-electron chi connectivity index (χ0n) is 36.7. The number of halogens is 6. The average Bonchev–Trinajstić information content (AvgIpc) is 3.20. The van der Waals surface area contributed by atoms with Crippen molar-refractivity contribution in [1.82, 2.24) is 15.0 Å². The Morgan fingerprint density at radius 1 is 0.953 bits per heavy atom. The summed E-state index contributed by atoms with van der Waals surface area (Å²) in [5.41, 5.74) is 0.947. The molecule has 4 rings (SSSR count). The first kappa shape index (κ1) is 54.6. The Labute approximate surface area is 384 Å². The SMILES string of the molecule is CCNc1nc(Cl)nc(NC(C)(C)C)n1.CCOC(=O)COC(=O)c1cc(Oc2ccc(C(F)(F)F)cc2Cl)ccc1[N+](=O)[O-].CCc1cccc(C)c1N(C(=O)CCl)C(C)COC. The van der Waals surface area contributed by atoms with Crippen molar-refractivity contribution >= 4 is 75.9 Å². The number of rotatable bonds is 16. The van der Waals surface area contributed by atoms with Crippen LogP contribution in [0.15, 0.2) is 54.6 Å². The molecule has 0 radical (unpaired) electrons. The number of methoxy groups -OCH3 is 1. The van der Waals surface area contributed by atoms with Gasteiger partial charge in [0, 0.05) is 31.3 Å². The third-order valence-electron chi connectivity index (χ3n) is 8.10. The van der Waals surface area contributed by atoms with Gasteiger partial charge in [0.2, 0.25) is 23.1 Å². The second-order valence-corrected chi connectivity index (χ2v) is 15.4. The maximum atomic E-state index is 12.7. The lowest BCUT2D eigenvalue weighted by atomic mass is 10.0. The Balaban J connectivity index is 0.000000355. The fraction of sp³-hybridized carbons (Fsp3) is 0.429. The maximum Gasteiger partial charge on any atom is 0.416 e. The van der Waals surface area contributed by atoms with Gasteiger partial charge in [-0.15, -0.1) is 11.6 Å². The maximum absolute atomic E-state index is 12.7. The lowest BCUT2D eigenvalue weighted by Gasteiger charge is -2.31. The van der Waals surface area contributed by atoms with Gasteiger partial charge in [0.15, 0.2) is 6.61 Å². The van der Waals surface area contributed by atoms with E-state index in [0.717, 1.165) is 60.1 Å². The number of carbonyl (C=O) groups is 3. The fourth-order valence-electron chi connectivity index (χ4n) is 5.49. The number of nitrogens with zero attached hydrogens (tertiary/aromatic N) is 5. The number of hydrogen-bond acceptors (Lipinski definition) is 14. The summed E-state index contributed by atoms with van der Waals surface area (Å²) >= 11 is 17.3. The number of hydrogen-bond donors (Lipinski definition) is 2. The van der Waals surface area contributed by atoms with Crippen LogP contribution in [0.5, 0.6) is 11.5 Å². The van der Waals surface area contributed by atoms with Crippen LogP contribution in [0.1, 0.15) is 75.5 Å². The summed E-state index contributed by atoms with van der Waals surface area (Å²) in [5, 5.41) is 17.1. The van der Waals surface area contributed by atoms with Crippen LogP contribution in [0.25, 0.3) is 0 Å². The number of nitrogens with one attached hydrogen (secondary N) is 2. The summed E-state index contributed by atoms with van der Waals surface area (Å²) in [6.45, 7) is 16.2. The van der Waals surface area contributed by atoms with Crippen LogP contribution in [0.4, 0.5) is 36.4 Å². The minimum atomic E-state index is -4.61. The lowest BCUT2D eigenvalue weighted by molar-refractivity contribution is -0.385. The van der Waals surface area contributed by atoms with Gasteiger partial charge in [-0.1, -0.05) is 36.7 Å². The number of benzene rings is 3. The zero-order valence-corrected chi connectivity index (χ0v) is 39.0. The van der Waals surface area contributed by atoms with Gasteiger partial charge in [-0.25, -0.2) is 9.59 Å². The van der Waals surface area contributed by atoms with E-state index in [1.54, 1.807) is 12.0 Å². The molecule has 0 aliphatic rings. The number of alkyl halides is 4. The molecule has 1 amide bonds. The predicted octanol–water partition coefficient (Wildman–Crippen LogP) is 10.1. The monoisotopic (exact) mass is 959 g/mol. The van der Waals surface area contributed by atoms with Gasteiger partial charge in [-0.2, -0.15) is 28.1 Å². The van der Waals surface area contributed by atoms with Gasteiger partial charge in [-0.3, -0.25) is 14.9 Å². The van der Waals surface area contributed by atoms with E-state index >= 15 is 0 Å². The number of anilines is 3. The fourth-order valence-corrected chi connectivity index (χ4v) is 6.00. The highest BCUT2D eigenvalue weighted by molar-refractivity contribution is 6.32. The number of nitro groups is 1. The van der Waals surface area contributed by atoms with E-state index in [1.807, 2.05) is 53.7 Å². The molecule has 1 atom stereocenters. The third-order valence-corrected chi connectivity index (χ3v) is 8.80. The highest BCUT2D eigenvalue weighted by Gasteiger charge is 2.31. The molecule has 0 saturated carbocycles. The molecule has 1 heterocycles. The molecule has 3 aromatic carbocycles. The molecule has 2 N–H and O–H groups in total. The number of para-hydroxylation sites is 1. The number of aryl methyl sites for hydroxylation is 2. The van der Waals surface area contributed by atoms with Gasteiger partial charge in [0.05, 0.1) is 40.5 Å². The van der Waals surface area contributed by atoms with Gasteiger partial charge < -0.3 is 34.5 Å². The molecule has 0 saturated heterocycles. The summed E-state index contributed by atoms with van der Waals surface area (Å²) in [4.78, 5) is 59.8. The van der Waals surface area contributed by atoms with E-state index in [2.05, 4.69) is 43.3 Å². The highest BCUT2D eigenvalue weighted by atomic mass is 35.5. The molecule has 0 aliphatic carbocycles. The molecule has 350 valence electrons. The van der Waals surface area contributed by atoms with Gasteiger partial charge >= 0.3 is 18.1 Å². The summed E-state index contributed by atoms with van der Waals surface area (Å²) < 4.78 is 58.0.